The fourth-order valence-corrected chi connectivity index (χ4v) is 5.45. The van der Waals surface area contributed by atoms with Gasteiger partial charge in [0.1, 0.15) is 23.4 Å². The van der Waals surface area contributed by atoms with Crippen molar-refractivity contribution in [3.63, 3.8) is 0 Å². The van der Waals surface area contributed by atoms with Gasteiger partial charge < -0.3 is 14.6 Å². The highest BCUT2D eigenvalue weighted by molar-refractivity contribution is 6.23. The predicted octanol–water partition coefficient (Wildman–Crippen LogP) is 1.37. The molecule has 0 saturated carbocycles. The number of imide groups is 1. The molecule has 152 valence electrons. The lowest BCUT2D eigenvalue weighted by Gasteiger charge is -2.30. The third-order valence-corrected chi connectivity index (χ3v) is 6.59. The molecule has 1 aromatic carbocycles. The summed E-state index contributed by atoms with van der Waals surface area (Å²) in [5.41, 5.74) is -4.29. The standard InChI is InChI=1S/C19H15F3N2O5/c1-17-11-12(18(29-17,4-5-25)14-13(17)28-14)16(27)24(15(11)26)9-3-2-8(7-23)10(6-9)19(20,21)22/h2-3,6,11-14,25H,4-5H2,1H3/t11-,12+,13-,14+,17+,18-/m1/s1. The molecular weight excluding hydrogens is 393 g/mol. The molecule has 0 aromatic heterocycles. The van der Waals surface area contributed by atoms with Crippen molar-refractivity contribution in [3.8, 4) is 6.07 Å². The zero-order valence-corrected chi connectivity index (χ0v) is 15.1. The molecule has 7 nitrogen and oxygen atoms in total. The smallest absolute Gasteiger partial charge is 0.396 e. The van der Waals surface area contributed by atoms with Crippen molar-refractivity contribution in [3.05, 3.63) is 29.3 Å². The monoisotopic (exact) mass is 408 g/mol. The summed E-state index contributed by atoms with van der Waals surface area (Å²) in [6.45, 7) is 1.37. The van der Waals surface area contributed by atoms with Gasteiger partial charge in [0.25, 0.3) is 0 Å². The minimum Gasteiger partial charge on any atom is -0.396 e. The fourth-order valence-electron chi connectivity index (χ4n) is 5.45. The summed E-state index contributed by atoms with van der Waals surface area (Å²) in [5, 5.41) is 18.5. The summed E-state index contributed by atoms with van der Waals surface area (Å²) in [5.74, 6) is -3.19. The maximum Gasteiger partial charge on any atom is 0.417 e. The summed E-state index contributed by atoms with van der Waals surface area (Å²) in [4.78, 5) is 27.2. The van der Waals surface area contributed by atoms with Gasteiger partial charge in [0.15, 0.2) is 0 Å². The summed E-state index contributed by atoms with van der Waals surface area (Å²) >= 11 is 0. The predicted molar refractivity (Wildman–Crippen MR) is 88.2 cm³/mol. The molecule has 0 spiro atoms. The van der Waals surface area contributed by atoms with E-state index in [1.807, 2.05) is 0 Å². The van der Waals surface area contributed by atoms with Crippen LogP contribution in [0.1, 0.15) is 24.5 Å². The topological polar surface area (TPSA) is 103 Å². The van der Waals surface area contributed by atoms with Gasteiger partial charge in [0, 0.05) is 13.0 Å². The van der Waals surface area contributed by atoms with Crippen molar-refractivity contribution >= 4 is 17.5 Å². The van der Waals surface area contributed by atoms with E-state index in [0.29, 0.717) is 6.07 Å². The van der Waals surface area contributed by atoms with Crippen LogP contribution in [0.25, 0.3) is 0 Å². The van der Waals surface area contributed by atoms with Gasteiger partial charge in [0.2, 0.25) is 11.8 Å². The third-order valence-electron chi connectivity index (χ3n) is 6.59. The van der Waals surface area contributed by atoms with Crippen LogP contribution < -0.4 is 4.90 Å². The number of aliphatic hydroxyl groups is 1. The van der Waals surface area contributed by atoms with Gasteiger partial charge in [-0.2, -0.15) is 18.4 Å². The van der Waals surface area contributed by atoms with Crippen molar-refractivity contribution in [2.45, 2.75) is 42.9 Å². The number of hydrogen-bond acceptors (Lipinski definition) is 6. The second kappa shape index (κ2) is 5.36. The van der Waals surface area contributed by atoms with E-state index in [0.717, 1.165) is 17.0 Å². The highest BCUT2D eigenvalue weighted by atomic mass is 19.4. The van der Waals surface area contributed by atoms with E-state index >= 15 is 0 Å². The zero-order chi connectivity index (χ0) is 20.9. The lowest BCUT2D eigenvalue weighted by Crippen LogP contribution is -2.47. The number of ether oxygens (including phenoxy) is 2. The number of fused-ring (bicyclic) bond motifs is 8. The molecule has 4 saturated heterocycles. The van der Waals surface area contributed by atoms with E-state index in [4.69, 9.17) is 14.7 Å². The molecule has 1 N–H and O–H groups in total. The Morgan fingerprint density at radius 1 is 1.24 bits per heavy atom. The summed E-state index contributed by atoms with van der Waals surface area (Å²) < 4.78 is 51.7. The molecule has 5 rings (SSSR count). The first kappa shape index (κ1) is 18.5. The molecule has 6 atom stereocenters. The Kier molecular flexibility index (Phi) is 3.42. The molecule has 2 bridgehead atoms. The van der Waals surface area contributed by atoms with Crippen molar-refractivity contribution in [1.82, 2.24) is 0 Å². The number of anilines is 1. The number of nitrogens with zero attached hydrogens (tertiary/aromatic N) is 2. The maximum atomic E-state index is 13.3. The van der Waals surface area contributed by atoms with Gasteiger partial charge in [-0.3, -0.25) is 9.59 Å². The Hall–Kier alpha value is -2.48. The van der Waals surface area contributed by atoms with Crippen molar-refractivity contribution < 1.29 is 37.3 Å². The van der Waals surface area contributed by atoms with Crippen LogP contribution in [0.15, 0.2) is 18.2 Å². The normalized spacial score (nSPS) is 39.5. The number of nitriles is 1. The van der Waals surface area contributed by atoms with Crippen LogP contribution >= 0.6 is 0 Å². The van der Waals surface area contributed by atoms with E-state index in [9.17, 15) is 27.9 Å². The minimum atomic E-state index is -4.82. The Bertz CT molecular complexity index is 1000. The van der Waals surface area contributed by atoms with Gasteiger partial charge in [0.05, 0.1) is 34.7 Å². The van der Waals surface area contributed by atoms with Crippen LogP contribution in [-0.2, 0) is 25.2 Å². The molecule has 4 aliphatic heterocycles. The van der Waals surface area contributed by atoms with Gasteiger partial charge in [-0.25, -0.2) is 4.90 Å². The molecule has 0 unspecified atom stereocenters. The van der Waals surface area contributed by atoms with Crippen molar-refractivity contribution in [1.29, 1.82) is 5.26 Å². The molecule has 0 aliphatic carbocycles. The Balaban J connectivity index is 1.60. The highest BCUT2D eigenvalue weighted by Gasteiger charge is 2.86. The maximum absolute atomic E-state index is 13.3. The first-order chi connectivity index (χ1) is 13.6. The molecule has 4 fully saturated rings. The Morgan fingerprint density at radius 3 is 2.55 bits per heavy atom. The van der Waals surface area contributed by atoms with E-state index in [1.54, 1.807) is 6.92 Å². The number of benzene rings is 1. The third kappa shape index (κ3) is 2.07. The number of carbonyl (C=O) groups excluding carboxylic acids is 2. The largest absolute Gasteiger partial charge is 0.417 e. The number of halogens is 3. The first-order valence-corrected chi connectivity index (χ1v) is 9.06. The number of alkyl halides is 3. The SMILES string of the molecule is C[C@]12O[C@](CCO)([C@@H]3C(=O)N(c4ccc(C#N)c(C(F)(F)F)c4)C(=O)[C@@H]31)[C@H]1O[C@H]12. The number of epoxide rings is 1. The number of carbonyl (C=O) groups is 2. The molecule has 4 aliphatic rings. The fraction of sp³-hybridized carbons (Fsp3) is 0.526. The van der Waals surface area contributed by atoms with Crippen LogP contribution in [0, 0.1) is 23.2 Å². The highest BCUT2D eigenvalue weighted by Crippen LogP contribution is 2.69. The second-order valence-electron chi connectivity index (χ2n) is 8.00. The lowest BCUT2D eigenvalue weighted by atomic mass is 9.67. The molecule has 2 amide bonds. The van der Waals surface area contributed by atoms with Crippen LogP contribution in [0.5, 0.6) is 0 Å². The summed E-state index contributed by atoms with van der Waals surface area (Å²) in [6, 6.07) is 4.23. The van der Waals surface area contributed by atoms with Gasteiger partial charge in [-0.05, 0) is 25.1 Å². The van der Waals surface area contributed by atoms with Gasteiger partial charge in [-0.15, -0.1) is 0 Å². The summed E-state index contributed by atoms with van der Waals surface area (Å²) in [6.07, 6.45) is -5.55. The number of hydrogen-bond donors (Lipinski definition) is 1. The van der Waals surface area contributed by atoms with Crippen LogP contribution in [0.3, 0.4) is 0 Å². The molecule has 4 heterocycles. The Labute approximate surface area is 162 Å². The number of rotatable bonds is 3. The van der Waals surface area contributed by atoms with Crippen molar-refractivity contribution in [2.24, 2.45) is 11.8 Å². The number of amides is 2. The lowest BCUT2D eigenvalue weighted by molar-refractivity contribution is -0.146. The van der Waals surface area contributed by atoms with E-state index in [1.165, 1.54) is 6.07 Å². The quantitative estimate of drug-likeness (QED) is 0.599. The Morgan fingerprint density at radius 2 is 1.93 bits per heavy atom. The molecule has 0 radical (unpaired) electrons. The van der Waals surface area contributed by atoms with Gasteiger partial charge >= 0.3 is 6.18 Å². The van der Waals surface area contributed by atoms with E-state index in [2.05, 4.69) is 0 Å². The average molecular weight is 408 g/mol. The number of aliphatic hydroxyl groups excluding tert-OH is 1. The minimum absolute atomic E-state index is 0.0823. The van der Waals surface area contributed by atoms with E-state index < -0.39 is 64.4 Å². The summed E-state index contributed by atoms with van der Waals surface area (Å²) in [7, 11) is 0. The van der Waals surface area contributed by atoms with Crippen LogP contribution in [0.2, 0.25) is 0 Å². The molecule has 10 heteroatoms. The van der Waals surface area contributed by atoms with Crippen molar-refractivity contribution in [2.75, 3.05) is 11.5 Å². The van der Waals surface area contributed by atoms with Crippen LogP contribution in [-0.4, -0.2) is 46.9 Å². The van der Waals surface area contributed by atoms with Gasteiger partial charge in [-0.1, -0.05) is 0 Å². The average Bonchev–Trinajstić information content (AvgIpc) is 3.31. The molecular formula is C19H15F3N2O5. The first-order valence-electron chi connectivity index (χ1n) is 9.06. The van der Waals surface area contributed by atoms with Crippen LogP contribution in [0.4, 0.5) is 18.9 Å². The zero-order valence-electron chi connectivity index (χ0n) is 15.1. The molecule has 29 heavy (non-hydrogen) atoms. The molecule has 1 aromatic rings. The van der Waals surface area contributed by atoms with E-state index in [-0.39, 0.29) is 18.7 Å². The second-order valence-corrected chi connectivity index (χ2v) is 8.00.